The van der Waals surface area contributed by atoms with E-state index in [9.17, 15) is 14.4 Å². The summed E-state index contributed by atoms with van der Waals surface area (Å²) in [5.74, 6) is -1.38. The number of benzene rings is 1. The fourth-order valence-corrected chi connectivity index (χ4v) is 3.46. The normalized spacial score (nSPS) is 10.6. The Morgan fingerprint density at radius 1 is 1.04 bits per heavy atom. The molecule has 0 atom stereocenters. The first kappa shape index (κ1) is 21.6. The van der Waals surface area contributed by atoms with Crippen LogP contribution in [0.3, 0.4) is 0 Å². The van der Waals surface area contributed by atoms with Gasteiger partial charge in [-0.1, -0.05) is 19.9 Å². The quantitative estimate of drug-likeness (QED) is 0.690. The SMILES string of the molecule is CCOC(=O)c1cc(C(C)C)sc1NC(=O)COC(=O)c1ccc(C)c(C)c1. The third kappa shape index (κ3) is 5.42. The van der Waals surface area contributed by atoms with Crippen LogP contribution >= 0.6 is 11.3 Å². The topological polar surface area (TPSA) is 81.7 Å². The van der Waals surface area contributed by atoms with Crippen LogP contribution in [0.2, 0.25) is 0 Å². The Labute approximate surface area is 168 Å². The van der Waals surface area contributed by atoms with Gasteiger partial charge in [-0.3, -0.25) is 4.79 Å². The minimum atomic E-state index is -0.571. The maximum Gasteiger partial charge on any atom is 0.341 e. The van der Waals surface area contributed by atoms with Crippen LogP contribution in [0.4, 0.5) is 5.00 Å². The van der Waals surface area contributed by atoms with E-state index >= 15 is 0 Å². The summed E-state index contributed by atoms with van der Waals surface area (Å²) >= 11 is 1.31. The molecule has 28 heavy (non-hydrogen) atoms. The molecule has 0 radical (unpaired) electrons. The Morgan fingerprint density at radius 2 is 1.75 bits per heavy atom. The molecule has 1 N–H and O–H groups in total. The molecule has 2 aromatic rings. The van der Waals surface area contributed by atoms with Crippen molar-refractivity contribution >= 4 is 34.2 Å². The predicted molar refractivity (Wildman–Crippen MR) is 109 cm³/mol. The van der Waals surface area contributed by atoms with Gasteiger partial charge in [-0.15, -0.1) is 11.3 Å². The Hall–Kier alpha value is -2.67. The summed E-state index contributed by atoms with van der Waals surface area (Å²) in [7, 11) is 0. The lowest BCUT2D eigenvalue weighted by molar-refractivity contribution is -0.119. The van der Waals surface area contributed by atoms with E-state index in [4.69, 9.17) is 9.47 Å². The van der Waals surface area contributed by atoms with Crippen LogP contribution in [-0.2, 0) is 14.3 Å². The van der Waals surface area contributed by atoms with Crippen LogP contribution in [0.25, 0.3) is 0 Å². The summed E-state index contributed by atoms with van der Waals surface area (Å²) in [5.41, 5.74) is 2.74. The highest BCUT2D eigenvalue weighted by atomic mass is 32.1. The molecule has 0 bridgehead atoms. The molecule has 150 valence electrons. The largest absolute Gasteiger partial charge is 0.462 e. The third-order valence-corrected chi connectivity index (χ3v) is 5.50. The van der Waals surface area contributed by atoms with Crippen LogP contribution in [0, 0.1) is 13.8 Å². The Kier molecular flexibility index (Phi) is 7.34. The number of rotatable bonds is 7. The van der Waals surface area contributed by atoms with Gasteiger partial charge < -0.3 is 14.8 Å². The number of ether oxygens (including phenoxy) is 2. The van der Waals surface area contributed by atoms with Crippen LogP contribution < -0.4 is 5.32 Å². The van der Waals surface area contributed by atoms with Crippen molar-refractivity contribution in [3.63, 3.8) is 0 Å². The minimum absolute atomic E-state index is 0.200. The lowest BCUT2D eigenvalue weighted by Gasteiger charge is -2.08. The Bertz CT molecular complexity index is 885. The summed E-state index contributed by atoms with van der Waals surface area (Å²) in [6.07, 6.45) is 0. The van der Waals surface area contributed by atoms with E-state index in [0.29, 0.717) is 16.1 Å². The van der Waals surface area contributed by atoms with Crippen LogP contribution in [0.5, 0.6) is 0 Å². The zero-order valence-corrected chi connectivity index (χ0v) is 17.6. The molecule has 0 aliphatic rings. The van der Waals surface area contributed by atoms with Gasteiger partial charge in [-0.2, -0.15) is 0 Å². The van der Waals surface area contributed by atoms with E-state index in [2.05, 4.69) is 5.32 Å². The van der Waals surface area contributed by atoms with Crippen LogP contribution in [0.1, 0.15) is 63.4 Å². The molecular weight excluding hydrogens is 378 g/mol. The molecule has 0 saturated carbocycles. The molecule has 0 aliphatic heterocycles. The minimum Gasteiger partial charge on any atom is -0.462 e. The highest BCUT2D eigenvalue weighted by Gasteiger charge is 2.21. The van der Waals surface area contributed by atoms with Crippen LogP contribution in [0.15, 0.2) is 24.3 Å². The molecule has 1 aromatic heterocycles. The number of anilines is 1. The summed E-state index contributed by atoms with van der Waals surface area (Å²) in [4.78, 5) is 37.5. The number of carbonyl (C=O) groups is 3. The van der Waals surface area contributed by atoms with Crippen molar-refractivity contribution in [3.8, 4) is 0 Å². The van der Waals surface area contributed by atoms with Gasteiger partial charge in [0, 0.05) is 4.88 Å². The van der Waals surface area contributed by atoms with Crippen molar-refractivity contribution < 1.29 is 23.9 Å². The van der Waals surface area contributed by atoms with E-state index in [1.165, 1.54) is 11.3 Å². The summed E-state index contributed by atoms with van der Waals surface area (Å²) in [6, 6.07) is 6.94. The highest BCUT2D eigenvalue weighted by molar-refractivity contribution is 7.16. The maximum absolute atomic E-state index is 12.2. The highest BCUT2D eigenvalue weighted by Crippen LogP contribution is 2.33. The zero-order chi connectivity index (χ0) is 20.8. The molecule has 0 saturated heterocycles. The van der Waals surface area contributed by atoms with Crippen molar-refractivity contribution in [2.24, 2.45) is 0 Å². The average molecular weight is 404 g/mol. The fourth-order valence-electron chi connectivity index (χ4n) is 2.39. The van der Waals surface area contributed by atoms with Crippen molar-refractivity contribution in [1.82, 2.24) is 0 Å². The van der Waals surface area contributed by atoms with Gasteiger partial charge in [-0.05, 0) is 56.0 Å². The zero-order valence-electron chi connectivity index (χ0n) is 16.8. The standard InChI is InChI=1S/C21H25NO5S/c1-6-26-21(25)16-10-17(12(2)3)28-19(16)22-18(23)11-27-20(24)15-8-7-13(4)14(5)9-15/h7-10,12H,6,11H2,1-5H3,(H,22,23). The van der Waals surface area contributed by atoms with Gasteiger partial charge in [0.15, 0.2) is 6.61 Å². The van der Waals surface area contributed by atoms with E-state index in [-0.39, 0.29) is 12.5 Å². The second-order valence-electron chi connectivity index (χ2n) is 6.69. The molecule has 0 fully saturated rings. The molecule has 1 heterocycles. The van der Waals surface area contributed by atoms with Gasteiger partial charge in [0.25, 0.3) is 5.91 Å². The third-order valence-electron chi connectivity index (χ3n) is 4.15. The number of hydrogen-bond acceptors (Lipinski definition) is 6. The number of esters is 2. The van der Waals surface area contributed by atoms with Crippen LogP contribution in [-0.4, -0.2) is 31.1 Å². The van der Waals surface area contributed by atoms with E-state index in [1.807, 2.05) is 33.8 Å². The monoisotopic (exact) mass is 403 g/mol. The van der Waals surface area contributed by atoms with Crippen molar-refractivity contribution in [2.75, 3.05) is 18.5 Å². The molecular formula is C21H25NO5S. The summed E-state index contributed by atoms with van der Waals surface area (Å²) in [6.45, 7) is 9.37. The van der Waals surface area contributed by atoms with E-state index < -0.39 is 24.5 Å². The molecule has 1 amide bonds. The maximum atomic E-state index is 12.2. The second kappa shape index (κ2) is 9.50. The van der Waals surface area contributed by atoms with E-state index in [0.717, 1.165) is 16.0 Å². The van der Waals surface area contributed by atoms with Gasteiger partial charge in [0.2, 0.25) is 0 Å². The Balaban J connectivity index is 2.04. The van der Waals surface area contributed by atoms with E-state index in [1.54, 1.807) is 25.1 Å². The van der Waals surface area contributed by atoms with Gasteiger partial charge in [0.1, 0.15) is 5.00 Å². The lowest BCUT2D eigenvalue weighted by atomic mass is 10.1. The first-order valence-corrected chi connectivity index (χ1v) is 9.89. The molecule has 0 unspecified atom stereocenters. The smallest absolute Gasteiger partial charge is 0.341 e. The Morgan fingerprint density at radius 3 is 2.36 bits per heavy atom. The summed E-state index contributed by atoms with van der Waals surface area (Å²) < 4.78 is 10.1. The number of nitrogens with one attached hydrogen (secondary N) is 1. The van der Waals surface area contributed by atoms with Gasteiger partial charge in [-0.25, -0.2) is 9.59 Å². The molecule has 1 aromatic carbocycles. The van der Waals surface area contributed by atoms with Gasteiger partial charge in [0.05, 0.1) is 17.7 Å². The average Bonchev–Trinajstić information content (AvgIpc) is 3.06. The number of amides is 1. The second-order valence-corrected chi connectivity index (χ2v) is 7.77. The van der Waals surface area contributed by atoms with Crippen molar-refractivity contribution in [2.45, 2.75) is 40.5 Å². The first-order valence-electron chi connectivity index (χ1n) is 9.08. The first-order chi connectivity index (χ1) is 13.2. The molecule has 2 rings (SSSR count). The fraction of sp³-hybridized carbons (Fsp3) is 0.381. The molecule has 7 heteroatoms. The number of thiophene rings is 1. The van der Waals surface area contributed by atoms with Crippen molar-refractivity contribution in [3.05, 3.63) is 51.4 Å². The molecule has 0 spiro atoms. The number of carbonyl (C=O) groups excluding carboxylic acids is 3. The molecule has 0 aliphatic carbocycles. The lowest BCUT2D eigenvalue weighted by Crippen LogP contribution is -2.21. The predicted octanol–water partition coefficient (Wildman–Crippen LogP) is 4.46. The number of aryl methyl sites for hydroxylation is 2. The van der Waals surface area contributed by atoms with Crippen molar-refractivity contribution in [1.29, 1.82) is 0 Å². The van der Waals surface area contributed by atoms with Gasteiger partial charge >= 0.3 is 11.9 Å². The summed E-state index contributed by atoms with van der Waals surface area (Å²) in [5, 5.41) is 3.05. The molecule has 6 nitrogen and oxygen atoms in total. The number of hydrogen-bond donors (Lipinski definition) is 1.